The summed E-state index contributed by atoms with van der Waals surface area (Å²) in [5, 5.41) is 14.3. The first-order chi connectivity index (χ1) is 8.63. The molecule has 2 saturated heterocycles. The third-order valence-electron chi connectivity index (χ3n) is 3.60. The molecular weight excluding hydrogens is 300 g/mol. The van der Waals surface area contributed by atoms with E-state index in [1.165, 1.54) is 6.07 Å². The van der Waals surface area contributed by atoms with Gasteiger partial charge in [0.25, 0.3) is 5.69 Å². The zero-order valence-corrected chi connectivity index (χ0v) is 11.2. The number of fused-ring (bicyclic) bond motifs is 2. The van der Waals surface area contributed by atoms with Crippen molar-refractivity contribution in [2.24, 2.45) is 0 Å². The molecular formula is C12H13BrN2O3. The highest BCUT2D eigenvalue weighted by molar-refractivity contribution is 9.10. The Morgan fingerprint density at radius 3 is 2.89 bits per heavy atom. The minimum absolute atomic E-state index is 0.112. The summed E-state index contributed by atoms with van der Waals surface area (Å²) in [4.78, 5) is 10.6. The summed E-state index contributed by atoms with van der Waals surface area (Å²) < 4.78 is 6.58. The van der Waals surface area contributed by atoms with E-state index in [1.54, 1.807) is 12.1 Å². The van der Waals surface area contributed by atoms with Crippen molar-refractivity contribution in [2.75, 3.05) is 5.32 Å². The topological polar surface area (TPSA) is 64.4 Å². The number of nitro groups is 1. The molecule has 2 fully saturated rings. The molecule has 0 saturated carbocycles. The van der Waals surface area contributed by atoms with Crippen LogP contribution in [-0.4, -0.2) is 23.2 Å². The number of anilines is 1. The smallest absolute Gasteiger partial charge is 0.292 e. The Kier molecular flexibility index (Phi) is 2.99. The Morgan fingerprint density at radius 1 is 1.44 bits per heavy atom. The number of nitrogens with one attached hydrogen (secondary N) is 1. The highest BCUT2D eigenvalue weighted by Crippen LogP contribution is 2.38. The quantitative estimate of drug-likeness (QED) is 0.688. The molecule has 1 N–H and O–H groups in total. The molecule has 0 radical (unpaired) electrons. The molecule has 0 aliphatic carbocycles. The first-order valence-corrected chi connectivity index (χ1v) is 6.79. The zero-order valence-electron chi connectivity index (χ0n) is 9.64. The van der Waals surface area contributed by atoms with Crippen molar-refractivity contribution in [1.29, 1.82) is 0 Å². The lowest BCUT2D eigenvalue weighted by Crippen LogP contribution is -2.30. The van der Waals surface area contributed by atoms with E-state index in [2.05, 4.69) is 21.2 Å². The number of ether oxygens (including phenoxy) is 1. The van der Waals surface area contributed by atoms with Crippen LogP contribution in [0.4, 0.5) is 11.4 Å². The summed E-state index contributed by atoms with van der Waals surface area (Å²) in [7, 11) is 0. The van der Waals surface area contributed by atoms with Crippen LogP contribution in [0.15, 0.2) is 22.7 Å². The van der Waals surface area contributed by atoms with Crippen LogP contribution in [0.2, 0.25) is 0 Å². The minimum Gasteiger partial charge on any atom is -0.374 e. The van der Waals surface area contributed by atoms with Crippen molar-refractivity contribution in [3.8, 4) is 0 Å². The van der Waals surface area contributed by atoms with Crippen molar-refractivity contribution in [3.05, 3.63) is 32.8 Å². The fourth-order valence-electron chi connectivity index (χ4n) is 2.77. The van der Waals surface area contributed by atoms with Gasteiger partial charge in [-0.2, -0.15) is 0 Å². The highest BCUT2D eigenvalue weighted by atomic mass is 79.9. The van der Waals surface area contributed by atoms with Gasteiger partial charge in [-0.3, -0.25) is 10.1 Å². The molecule has 5 nitrogen and oxygen atoms in total. The normalized spacial score (nSPS) is 29.5. The Hall–Kier alpha value is -1.14. The van der Waals surface area contributed by atoms with E-state index in [-0.39, 0.29) is 22.8 Å². The van der Waals surface area contributed by atoms with E-state index in [9.17, 15) is 10.1 Å². The van der Waals surface area contributed by atoms with Gasteiger partial charge in [-0.15, -0.1) is 0 Å². The van der Waals surface area contributed by atoms with Crippen LogP contribution in [0.3, 0.4) is 0 Å². The molecule has 0 amide bonds. The molecule has 2 aliphatic heterocycles. The second-order valence-electron chi connectivity index (χ2n) is 4.78. The van der Waals surface area contributed by atoms with Gasteiger partial charge in [0.1, 0.15) is 5.69 Å². The number of halogens is 1. The maximum atomic E-state index is 11.0. The monoisotopic (exact) mass is 312 g/mol. The van der Waals surface area contributed by atoms with E-state index < -0.39 is 0 Å². The lowest BCUT2D eigenvalue weighted by Gasteiger charge is -2.21. The maximum Gasteiger partial charge on any atom is 0.292 e. The molecule has 3 rings (SSSR count). The van der Waals surface area contributed by atoms with Crippen molar-refractivity contribution >= 4 is 27.3 Å². The summed E-state index contributed by atoms with van der Waals surface area (Å²) in [5.74, 6) is 0. The lowest BCUT2D eigenvalue weighted by molar-refractivity contribution is -0.384. The number of rotatable bonds is 3. The molecule has 3 atom stereocenters. The lowest BCUT2D eigenvalue weighted by atomic mass is 9.95. The average Bonchev–Trinajstić information content (AvgIpc) is 2.90. The van der Waals surface area contributed by atoms with E-state index in [0.717, 1.165) is 23.7 Å². The van der Waals surface area contributed by atoms with Gasteiger partial charge in [0.15, 0.2) is 0 Å². The number of hydrogen-bond acceptors (Lipinski definition) is 4. The third-order valence-corrected chi connectivity index (χ3v) is 4.10. The zero-order chi connectivity index (χ0) is 12.7. The fraction of sp³-hybridized carbons (Fsp3) is 0.500. The predicted octanol–water partition coefficient (Wildman–Crippen LogP) is 3.09. The van der Waals surface area contributed by atoms with Crippen LogP contribution in [-0.2, 0) is 4.74 Å². The van der Waals surface area contributed by atoms with Crippen LogP contribution in [0.5, 0.6) is 0 Å². The minimum atomic E-state index is -0.358. The SMILES string of the molecule is O=[N+]([O-])c1ccc(Br)cc1NC1CC2CCC1O2. The first kappa shape index (κ1) is 11.9. The number of nitrogens with zero attached hydrogens (tertiary/aromatic N) is 1. The highest BCUT2D eigenvalue weighted by Gasteiger charge is 2.41. The fourth-order valence-corrected chi connectivity index (χ4v) is 3.13. The molecule has 6 heteroatoms. The molecule has 18 heavy (non-hydrogen) atoms. The van der Waals surface area contributed by atoms with E-state index in [0.29, 0.717) is 11.8 Å². The molecule has 2 aliphatic rings. The standard InChI is InChI=1S/C12H13BrN2O3/c13-7-1-3-11(15(16)17)9(5-7)14-10-6-8-2-4-12(10)18-8/h1,3,5,8,10,12,14H,2,4,6H2. The van der Waals surface area contributed by atoms with Crippen LogP contribution < -0.4 is 5.32 Å². The van der Waals surface area contributed by atoms with Gasteiger partial charge < -0.3 is 10.1 Å². The largest absolute Gasteiger partial charge is 0.374 e. The molecule has 1 aromatic carbocycles. The maximum absolute atomic E-state index is 11.0. The first-order valence-electron chi connectivity index (χ1n) is 5.99. The van der Waals surface area contributed by atoms with Crippen molar-refractivity contribution in [1.82, 2.24) is 0 Å². The molecule has 2 bridgehead atoms. The predicted molar refractivity (Wildman–Crippen MR) is 70.7 cm³/mol. The molecule has 0 aromatic heterocycles. The second-order valence-corrected chi connectivity index (χ2v) is 5.69. The average molecular weight is 313 g/mol. The van der Waals surface area contributed by atoms with E-state index in [4.69, 9.17) is 4.74 Å². The Bertz CT molecular complexity index is 494. The molecule has 0 spiro atoms. The summed E-state index contributed by atoms with van der Waals surface area (Å²) >= 11 is 3.34. The second kappa shape index (κ2) is 4.51. The van der Waals surface area contributed by atoms with Crippen LogP contribution in [0.1, 0.15) is 19.3 Å². The number of benzene rings is 1. The van der Waals surface area contributed by atoms with Crippen molar-refractivity contribution < 1.29 is 9.66 Å². The van der Waals surface area contributed by atoms with Crippen molar-refractivity contribution in [2.45, 2.75) is 37.5 Å². The van der Waals surface area contributed by atoms with Crippen molar-refractivity contribution in [3.63, 3.8) is 0 Å². The summed E-state index contributed by atoms with van der Waals surface area (Å²) in [6.07, 6.45) is 3.63. The van der Waals surface area contributed by atoms with Gasteiger partial charge >= 0.3 is 0 Å². The molecule has 2 heterocycles. The molecule has 3 unspecified atom stereocenters. The molecule has 96 valence electrons. The Balaban J connectivity index is 1.83. The summed E-state index contributed by atoms with van der Waals surface area (Å²) in [6, 6.07) is 5.14. The summed E-state index contributed by atoms with van der Waals surface area (Å²) in [5.41, 5.74) is 0.677. The van der Waals surface area contributed by atoms with Gasteiger partial charge in [0.05, 0.1) is 23.2 Å². The Morgan fingerprint density at radius 2 is 2.28 bits per heavy atom. The number of hydrogen-bond donors (Lipinski definition) is 1. The third kappa shape index (κ3) is 2.10. The van der Waals surface area contributed by atoms with Gasteiger partial charge in [0, 0.05) is 10.5 Å². The van der Waals surface area contributed by atoms with Gasteiger partial charge in [-0.1, -0.05) is 15.9 Å². The number of nitro benzene ring substituents is 1. The summed E-state index contributed by atoms with van der Waals surface area (Å²) in [6.45, 7) is 0. The van der Waals surface area contributed by atoms with Crippen LogP contribution in [0, 0.1) is 10.1 Å². The van der Waals surface area contributed by atoms with Gasteiger partial charge in [-0.05, 0) is 31.4 Å². The Labute approximate surface area is 113 Å². The van der Waals surface area contributed by atoms with Gasteiger partial charge in [-0.25, -0.2) is 0 Å². The van der Waals surface area contributed by atoms with Crippen LogP contribution in [0.25, 0.3) is 0 Å². The van der Waals surface area contributed by atoms with Gasteiger partial charge in [0.2, 0.25) is 0 Å². The van der Waals surface area contributed by atoms with E-state index >= 15 is 0 Å². The molecule has 1 aromatic rings. The van der Waals surface area contributed by atoms with Crippen LogP contribution >= 0.6 is 15.9 Å². The van der Waals surface area contributed by atoms with E-state index in [1.807, 2.05) is 0 Å².